The lowest BCUT2D eigenvalue weighted by Gasteiger charge is -2.26. The zero-order chi connectivity index (χ0) is 24.6. The Morgan fingerprint density at radius 3 is 1.34 bits per heavy atom. The Labute approximate surface area is 188 Å². The van der Waals surface area contributed by atoms with Crippen LogP contribution in [0.1, 0.15) is 53.4 Å². The van der Waals surface area contributed by atoms with E-state index in [-0.39, 0.29) is 39.3 Å². The van der Waals surface area contributed by atoms with E-state index < -0.39 is 47.5 Å². The lowest BCUT2D eigenvalue weighted by atomic mass is 9.80. The molecule has 0 aliphatic heterocycles. The van der Waals surface area contributed by atoms with Gasteiger partial charge >= 0.3 is 23.9 Å². The van der Waals surface area contributed by atoms with E-state index in [1.54, 1.807) is 27.7 Å². The first-order valence-electron chi connectivity index (χ1n) is 10.3. The van der Waals surface area contributed by atoms with E-state index >= 15 is 0 Å². The Kier molecular flexibility index (Phi) is 13.1. The van der Waals surface area contributed by atoms with Gasteiger partial charge in [-0.1, -0.05) is 0 Å². The number of terminal acetylenes is 1. The van der Waals surface area contributed by atoms with Gasteiger partial charge in [-0.15, -0.1) is 24.2 Å². The summed E-state index contributed by atoms with van der Waals surface area (Å²) >= 11 is 0. The van der Waals surface area contributed by atoms with Crippen molar-refractivity contribution in [1.82, 2.24) is 0 Å². The number of rotatable bonds is 13. The number of hydrogen-bond acceptors (Lipinski definition) is 9. The van der Waals surface area contributed by atoms with Gasteiger partial charge in [0, 0.05) is 25.7 Å². The van der Waals surface area contributed by atoms with Crippen molar-refractivity contribution in [3.8, 4) is 24.2 Å². The van der Waals surface area contributed by atoms with E-state index in [2.05, 4.69) is 17.8 Å². The van der Waals surface area contributed by atoms with E-state index in [0.29, 0.717) is 6.29 Å². The molecular formula is C23H30O9. The van der Waals surface area contributed by atoms with Gasteiger partial charge in [-0.2, -0.15) is 0 Å². The predicted octanol–water partition coefficient (Wildman–Crippen LogP) is 1.61. The van der Waals surface area contributed by atoms with Gasteiger partial charge in [-0.05, 0) is 27.7 Å². The maximum atomic E-state index is 12.6. The highest BCUT2D eigenvalue weighted by molar-refractivity contribution is 6.02. The monoisotopic (exact) mass is 450 g/mol. The first-order chi connectivity index (χ1) is 15.3. The molecule has 0 heterocycles. The maximum Gasteiger partial charge on any atom is 0.325 e. The van der Waals surface area contributed by atoms with Crippen molar-refractivity contribution in [2.45, 2.75) is 53.4 Å². The van der Waals surface area contributed by atoms with Crippen molar-refractivity contribution in [1.29, 1.82) is 0 Å². The fraction of sp³-hybridized carbons (Fsp3) is 0.609. The van der Waals surface area contributed by atoms with E-state index in [1.165, 1.54) is 0 Å². The van der Waals surface area contributed by atoms with Gasteiger partial charge in [0.25, 0.3) is 0 Å². The highest BCUT2D eigenvalue weighted by Gasteiger charge is 2.49. The van der Waals surface area contributed by atoms with Crippen molar-refractivity contribution in [3.05, 3.63) is 0 Å². The zero-order valence-electron chi connectivity index (χ0n) is 19.0. The second-order valence-electron chi connectivity index (χ2n) is 6.50. The van der Waals surface area contributed by atoms with Gasteiger partial charge in [0.15, 0.2) is 10.8 Å². The molecule has 0 saturated carbocycles. The van der Waals surface area contributed by atoms with Crippen molar-refractivity contribution in [3.63, 3.8) is 0 Å². The third kappa shape index (κ3) is 7.12. The normalized spacial score (nSPS) is 10.6. The van der Waals surface area contributed by atoms with Gasteiger partial charge in [-0.25, -0.2) is 0 Å². The van der Waals surface area contributed by atoms with Crippen LogP contribution in [0.15, 0.2) is 0 Å². The summed E-state index contributed by atoms with van der Waals surface area (Å²) in [5.74, 6) is 3.81. The van der Waals surface area contributed by atoms with Gasteiger partial charge in [0.2, 0.25) is 0 Å². The summed E-state index contributed by atoms with van der Waals surface area (Å²) in [6, 6.07) is 0. The molecule has 9 nitrogen and oxygen atoms in total. The van der Waals surface area contributed by atoms with Crippen LogP contribution in [0.4, 0.5) is 0 Å². The highest BCUT2D eigenvalue weighted by atomic mass is 16.6. The summed E-state index contributed by atoms with van der Waals surface area (Å²) in [6.45, 7) is 6.20. The number of aldehydes is 1. The zero-order valence-corrected chi connectivity index (χ0v) is 19.0. The minimum atomic E-state index is -1.97. The molecule has 176 valence electrons. The van der Waals surface area contributed by atoms with Crippen LogP contribution in [-0.2, 0) is 42.9 Å². The molecule has 0 aromatic heterocycles. The summed E-state index contributed by atoms with van der Waals surface area (Å²) in [5.41, 5.74) is -3.83. The summed E-state index contributed by atoms with van der Waals surface area (Å²) in [7, 11) is 0. The number of esters is 4. The number of carbonyl (C=O) groups excluding carboxylic acids is 5. The Hall–Kier alpha value is -3.33. The van der Waals surface area contributed by atoms with Crippen LogP contribution in [0.2, 0.25) is 0 Å². The molecule has 0 atom stereocenters. The Balaban J connectivity index is 6.13. The van der Waals surface area contributed by atoms with E-state index in [1.807, 2.05) is 0 Å². The summed E-state index contributed by atoms with van der Waals surface area (Å²) in [4.78, 5) is 61.4. The largest absolute Gasteiger partial charge is 0.465 e. The molecule has 0 aliphatic rings. The fourth-order valence-electron chi connectivity index (χ4n) is 2.72. The van der Waals surface area contributed by atoms with E-state index in [4.69, 9.17) is 25.4 Å². The molecule has 0 spiro atoms. The van der Waals surface area contributed by atoms with E-state index in [0.717, 1.165) is 0 Å². The molecule has 32 heavy (non-hydrogen) atoms. The molecule has 0 aromatic carbocycles. The molecule has 0 amide bonds. The second kappa shape index (κ2) is 14.6. The van der Waals surface area contributed by atoms with Crippen LogP contribution < -0.4 is 0 Å². The quantitative estimate of drug-likeness (QED) is 0.135. The summed E-state index contributed by atoms with van der Waals surface area (Å²) in [5, 5.41) is 0. The third-order valence-corrected chi connectivity index (χ3v) is 4.41. The Bertz CT molecular complexity index is 744. The first-order valence-corrected chi connectivity index (χ1v) is 10.3. The fourth-order valence-corrected chi connectivity index (χ4v) is 2.72. The Morgan fingerprint density at radius 2 is 1.03 bits per heavy atom. The van der Waals surface area contributed by atoms with Crippen LogP contribution in [0.3, 0.4) is 0 Å². The summed E-state index contributed by atoms with van der Waals surface area (Å²) in [6.07, 6.45) is 4.12. The van der Waals surface area contributed by atoms with Crippen molar-refractivity contribution < 1.29 is 42.9 Å². The van der Waals surface area contributed by atoms with Crippen LogP contribution >= 0.6 is 0 Å². The molecule has 0 saturated heterocycles. The lowest BCUT2D eigenvalue weighted by molar-refractivity contribution is -0.173. The molecule has 9 heteroatoms. The molecule has 0 N–H and O–H groups in total. The van der Waals surface area contributed by atoms with Crippen LogP contribution in [0, 0.1) is 35.0 Å². The molecule has 0 rings (SSSR count). The highest BCUT2D eigenvalue weighted by Crippen LogP contribution is 2.32. The first kappa shape index (κ1) is 28.7. The average molecular weight is 450 g/mol. The van der Waals surface area contributed by atoms with Crippen LogP contribution in [0.5, 0.6) is 0 Å². The van der Waals surface area contributed by atoms with Crippen LogP contribution in [0.25, 0.3) is 0 Å². The SMILES string of the molecule is C#CCC(CC#CCC(CC=O)(C(=O)OCC)C(=O)OCC)(C(=O)OCC)C(=O)OCC. The van der Waals surface area contributed by atoms with Crippen molar-refractivity contribution >= 4 is 30.2 Å². The van der Waals surface area contributed by atoms with Gasteiger partial charge < -0.3 is 23.7 Å². The van der Waals surface area contributed by atoms with Gasteiger partial charge in [0.1, 0.15) is 6.29 Å². The second-order valence-corrected chi connectivity index (χ2v) is 6.50. The molecule has 0 aliphatic carbocycles. The van der Waals surface area contributed by atoms with E-state index in [9.17, 15) is 24.0 Å². The third-order valence-electron chi connectivity index (χ3n) is 4.41. The minimum Gasteiger partial charge on any atom is -0.465 e. The number of carbonyl (C=O) groups is 5. The van der Waals surface area contributed by atoms with Gasteiger partial charge in [-0.3, -0.25) is 19.2 Å². The van der Waals surface area contributed by atoms with Gasteiger partial charge in [0.05, 0.1) is 26.4 Å². The molecular weight excluding hydrogens is 420 g/mol. The summed E-state index contributed by atoms with van der Waals surface area (Å²) < 4.78 is 19.9. The average Bonchev–Trinajstić information content (AvgIpc) is 2.75. The lowest BCUT2D eigenvalue weighted by Crippen LogP contribution is -2.42. The standard InChI is InChI=1S/C23H30O9/c1-6-13-22(18(25)29-7-2,19(26)30-8-3)14-11-12-15-23(16-17-24,20(27)31-9-4)21(28)32-10-5/h1,17H,7-10,13-16H2,2-5H3. The molecule has 0 bridgehead atoms. The molecule has 0 aromatic rings. The van der Waals surface area contributed by atoms with Crippen molar-refractivity contribution in [2.75, 3.05) is 26.4 Å². The molecule has 0 radical (unpaired) electrons. The predicted molar refractivity (Wildman–Crippen MR) is 113 cm³/mol. The number of hydrogen-bond donors (Lipinski definition) is 0. The smallest absolute Gasteiger partial charge is 0.325 e. The molecule has 0 fully saturated rings. The van der Waals surface area contributed by atoms with Crippen molar-refractivity contribution in [2.24, 2.45) is 10.8 Å². The topological polar surface area (TPSA) is 122 Å². The maximum absolute atomic E-state index is 12.6. The van der Waals surface area contributed by atoms with Crippen LogP contribution in [-0.4, -0.2) is 56.6 Å². The minimum absolute atomic E-state index is 0.00610. The molecule has 0 unspecified atom stereocenters. The Morgan fingerprint density at radius 1 is 0.688 bits per heavy atom. The number of ether oxygens (including phenoxy) is 4.